The molecule has 1 fully saturated rings. The van der Waals surface area contributed by atoms with Crippen LogP contribution in [-0.4, -0.2) is 18.3 Å². The van der Waals surface area contributed by atoms with Gasteiger partial charge in [-0.3, -0.25) is 0 Å². The van der Waals surface area contributed by atoms with Crippen LogP contribution in [0, 0.1) is 6.92 Å². The predicted octanol–water partition coefficient (Wildman–Crippen LogP) is 6.27. The Labute approximate surface area is 179 Å². The van der Waals surface area contributed by atoms with Crippen LogP contribution in [-0.2, 0) is 9.31 Å². The lowest BCUT2D eigenvalue weighted by molar-refractivity contribution is 0.00578. The van der Waals surface area contributed by atoms with Crippen LogP contribution in [0.15, 0.2) is 72.8 Å². The van der Waals surface area contributed by atoms with Crippen LogP contribution in [0.4, 0.5) is 0 Å². The van der Waals surface area contributed by atoms with Gasteiger partial charge in [0, 0.05) is 0 Å². The molecule has 0 atom stereocenters. The van der Waals surface area contributed by atoms with Gasteiger partial charge >= 0.3 is 7.12 Å². The van der Waals surface area contributed by atoms with Gasteiger partial charge in [-0.05, 0) is 78.8 Å². The van der Waals surface area contributed by atoms with E-state index in [4.69, 9.17) is 9.31 Å². The summed E-state index contributed by atoms with van der Waals surface area (Å²) in [5, 5.41) is 5.16. The monoisotopic (exact) mass is 394 g/mol. The molecule has 0 amide bonds. The molecule has 0 spiro atoms. The molecule has 1 aliphatic heterocycles. The fraction of sp³-hybridized carbons (Fsp3) is 0.259. The van der Waals surface area contributed by atoms with Gasteiger partial charge in [0.25, 0.3) is 0 Å². The van der Waals surface area contributed by atoms with Crippen molar-refractivity contribution in [1.29, 1.82) is 0 Å². The smallest absolute Gasteiger partial charge is 0.399 e. The Hall–Kier alpha value is -2.62. The maximum atomic E-state index is 6.18. The molecule has 0 N–H and O–H groups in total. The number of benzene rings is 4. The van der Waals surface area contributed by atoms with E-state index in [1.165, 1.54) is 38.2 Å². The molecular formula is C27H27BO2. The van der Waals surface area contributed by atoms with E-state index in [1.54, 1.807) is 0 Å². The summed E-state index contributed by atoms with van der Waals surface area (Å²) in [5.41, 5.74) is 4.11. The van der Waals surface area contributed by atoms with E-state index >= 15 is 0 Å². The minimum absolute atomic E-state index is 0.323. The molecule has 0 saturated carbocycles. The number of aryl methyl sites for hydroxylation is 1. The summed E-state index contributed by atoms with van der Waals surface area (Å²) in [6, 6.07) is 26.4. The standard InChI is InChI=1S/C27H27BO2/c1-18-6-14-24-21(16-18)7-8-22-17-20(11-15-25(22)24)19-9-12-23(13-10-19)28-29-26(2,3)27(4,5)30-28/h6-17H,1-5H3. The lowest BCUT2D eigenvalue weighted by Gasteiger charge is -2.32. The third-order valence-corrected chi connectivity index (χ3v) is 6.76. The van der Waals surface area contributed by atoms with Crippen molar-refractivity contribution in [2.75, 3.05) is 0 Å². The second-order valence-corrected chi connectivity index (χ2v) is 9.44. The Morgan fingerprint density at radius 3 is 1.77 bits per heavy atom. The average Bonchev–Trinajstić information content (AvgIpc) is 2.94. The predicted molar refractivity (Wildman–Crippen MR) is 127 cm³/mol. The zero-order chi connectivity index (χ0) is 21.1. The lowest BCUT2D eigenvalue weighted by atomic mass is 9.78. The highest BCUT2D eigenvalue weighted by molar-refractivity contribution is 6.62. The maximum Gasteiger partial charge on any atom is 0.494 e. The second kappa shape index (κ2) is 6.70. The third kappa shape index (κ3) is 3.14. The minimum Gasteiger partial charge on any atom is -0.399 e. The Morgan fingerprint density at radius 2 is 1.13 bits per heavy atom. The molecule has 0 radical (unpaired) electrons. The van der Waals surface area contributed by atoms with Gasteiger partial charge in [0.05, 0.1) is 11.2 Å². The number of hydrogen-bond acceptors (Lipinski definition) is 2. The SMILES string of the molecule is Cc1ccc2c(ccc3cc(-c4ccc(B5OC(C)(C)C(C)(C)O5)cc4)ccc32)c1. The molecule has 0 aromatic heterocycles. The molecule has 1 aliphatic rings. The van der Waals surface area contributed by atoms with Crippen LogP contribution < -0.4 is 5.46 Å². The topological polar surface area (TPSA) is 18.5 Å². The Balaban J connectivity index is 1.47. The van der Waals surface area contributed by atoms with Crippen LogP contribution in [0.25, 0.3) is 32.7 Å². The van der Waals surface area contributed by atoms with E-state index in [-0.39, 0.29) is 18.3 Å². The molecule has 1 saturated heterocycles. The van der Waals surface area contributed by atoms with Gasteiger partial charge in [0.2, 0.25) is 0 Å². The van der Waals surface area contributed by atoms with Crippen LogP contribution in [0.2, 0.25) is 0 Å². The first-order valence-electron chi connectivity index (χ1n) is 10.6. The summed E-state index contributed by atoms with van der Waals surface area (Å²) < 4.78 is 12.4. The maximum absolute atomic E-state index is 6.18. The van der Waals surface area contributed by atoms with E-state index in [0.717, 1.165) is 5.46 Å². The highest BCUT2D eigenvalue weighted by Gasteiger charge is 2.51. The van der Waals surface area contributed by atoms with Gasteiger partial charge < -0.3 is 9.31 Å². The summed E-state index contributed by atoms with van der Waals surface area (Å²) in [5.74, 6) is 0. The van der Waals surface area contributed by atoms with E-state index in [0.29, 0.717) is 0 Å². The number of rotatable bonds is 2. The van der Waals surface area contributed by atoms with Gasteiger partial charge in [0.1, 0.15) is 0 Å². The van der Waals surface area contributed by atoms with Crippen LogP contribution in [0.5, 0.6) is 0 Å². The molecule has 3 heteroatoms. The zero-order valence-corrected chi connectivity index (χ0v) is 18.3. The summed E-state index contributed by atoms with van der Waals surface area (Å²) in [7, 11) is -0.324. The van der Waals surface area contributed by atoms with Crippen LogP contribution in [0.1, 0.15) is 33.3 Å². The molecule has 30 heavy (non-hydrogen) atoms. The van der Waals surface area contributed by atoms with Crippen molar-refractivity contribution >= 4 is 34.1 Å². The van der Waals surface area contributed by atoms with Gasteiger partial charge in [-0.25, -0.2) is 0 Å². The van der Waals surface area contributed by atoms with E-state index in [1.807, 2.05) is 0 Å². The van der Waals surface area contributed by atoms with Gasteiger partial charge in [0.15, 0.2) is 0 Å². The Bertz CT molecular complexity index is 1240. The normalized spacial score (nSPS) is 17.7. The zero-order valence-electron chi connectivity index (χ0n) is 18.3. The number of fused-ring (bicyclic) bond motifs is 3. The molecule has 0 aliphatic carbocycles. The van der Waals surface area contributed by atoms with Crippen molar-refractivity contribution in [2.45, 2.75) is 45.8 Å². The second-order valence-electron chi connectivity index (χ2n) is 9.44. The van der Waals surface area contributed by atoms with Crippen molar-refractivity contribution in [1.82, 2.24) is 0 Å². The summed E-state index contributed by atoms with van der Waals surface area (Å²) in [6.07, 6.45) is 0. The summed E-state index contributed by atoms with van der Waals surface area (Å²) in [4.78, 5) is 0. The molecule has 5 rings (SSSR count). The first-order chi connectivity index (χ1) is 14.2. The van der Waals surface area contributed by atoms with Crippen LogP contribution in [0.3, 0.4) is 0 Å². The number of hydrogen-bond donors (Lipinski definition) is 0. The van der Waals surface area contributed by atoms with Crippen molar-refractivity contribution in [2.24, 2.45) is 0 Å². The molecule has 150 valence electrons. The molecule has 4 aromatic carbocycles. The fourth-order valence-electron chi connectivity index (χ4n) is 4.18. The Morgan fingerprint density at radius 1 is 0.600 bits per heavy atom. The van der Waals surface area contributed by atoms with Crippen LogP contribution >= 0.6 is 0 Å². The quantitative estimate of drug-likeness (QED) is 0.295. The minimum atomic E-state index is -0.324. The highest BCUT2D eigenvalue weighted by Crippen LogP contribution is 2.36. The molecule has 0 unspecified atom stereocenters. The summed E-state index contributed by atoms with van der Waals surface area (Å²) >= 11 is 0. The molecule has 1 heterocycles. The lowest BCUT2D eigenvalue weighted by Crippen LogP contribution is -2.41. The first-order valence-corrected chi connectivity index (χ1v) is 10.6. The Kier molecular flexibility index (Phi) is 4.32. The molecule has 4 aromatic rings. The fourth-order valence-corrected chi connectivity index (χ4v) is 4.18. The third-order valence-electron chi connectivity index (χ3n) is 6.76. The van der Waals surface area contributed by atoms with Crippen molar-refractivity contribution in [3.8, 4) is 11.1 Å². The largest absolute Gasteiger partial charge is 0.494 e. The van der Waals surface area contributed by atoms with Gasteiger partial charge in [-0.1, -0.05) is 72.3 Å². The van der Waals surface area contributed by atoms with Gasteiger partial charge in [-0.15, -0.1) is 0 Å². The first kappa shape index (κ1) is 19.4. The van der Waals surface area contributed by atoms with E-state index < -0.39 is 0 Å². The van der Waals surface area contributed by atoms with Crippen molar-refractivity contribution in [3.63, 3.8) is 0 Å². The van der Waals surface area contributed by atoms with Crippen molar-refractivity contribution < 1.29 is 9.31 Å². The van der Waals surface area contributed by atoms with E-state index in [2.05, 4.69) is 107 Å². The van der Waals surface area contributed by atoms with E-state index in [9.17, 15) is 0 Å². The molecular weight excluding hydrogens is 367 g/mol. The highest BCUT2D eigenvalue weighted by atomic mass is 16.7. The summed E-state index contributed by atoms with van der Waals surface area (Å²) in [6.45, 7) is 10.5. The van der Waals surface area contributed by atoms with Gasteiger partial charge in [-0.2, -0.15) is 0 Å². The average molecular weight is 394 g/mol. The molecule has 0 bridgehead atoms. The molecule has 2 nitrogen and oxygen atoms in total. The van der Waals surface area contributed by atoms with Crippen molar-refractivity contribution in [3.05, 3.63) is 78.4 Å².